The number of nitrogens with zero attached hydrogens (tertiary/aromatic N) is 2. The van der Waals surface area contributed by atoms with Crippen LogP contribution in [0.25, 0.3) is 11.3 Å². The van der Waals surface area contributed by atoms with Gasteiger partial charge in [0.15, 0.2) is 9.84 Å². The molecule has 0 radical (unpaired) electrons. The lowest BCUT2D eigenvalue weighted by Crippen LogP contribution is -2.44. The van der Waals surface area contributed by atoms with Gasteiger partial charge in [-0.2, -0.15) is 0 Å². The number of likely N-dealkylation sites (tertiary alicyclic amines) is 1. The van der Waals surface area contributed by atoms with Crippen molar-refractivity contribution in [3.63, 3.8) is 0 Å². The summed E-state index contributed by atoms with van der Waals surface area (Å²) in [7, 11) is -3.06. The Bertz CT molecular complexity index is 1110. The first-order valence-electron chi connectivity index (χ1n) is 11.4. The number of carbonyl (C=O) groups excluding carboxylic acids is 1. The van der Waals surface area contributed by atoms with E-state index in [4.69, 9.17) is 9.47 Å². The van der Waals surface area contributed by atoms with Gasteiger partial charge in [-0.05, 0) is 51.2 Å². The van der Waals surface area contributed by atoms with Crippen LogP contribution in [0, 0.1) is 5.92 Å². The fourth-order valence-corrected chi connectivity index (χ4v) is 5.25. The summed E-state index contributed by atoms with van der Waals surface area (Å²) in [5, 5.41) is 0. The molecule has 0 saturated carbocycles. The summed E-state index contributed by atoms with van der Waals surface area (Å²) in [6, 6.07) is 9.56. The number of fused-ring (bicyclic) bond motifs is 1. The molecular weight excluding hydrogens is 440 g/mol. The van der Waals surface area contributed by atoms with Crippen LogP contribution in [-0.2, 0) is 26.7 Å². The number of piperidine rings is 1. The van der Waals surface area contributed by atoms with Gasteiger partial charge in [0.05, 0.1) is 17.6 Å². The van der Waals surface area contributed by atoms with Gasteiger partial charge in [0.1, 0.15) is 17.5 Å². The number of hydrogen-bond donors (Lipinski definition) is 0. The second-order valence-electron chi connectivity index (χ2n) is 10.1. The molecule has 4 rings (SSSR count). The highest BCUT2D eigenvalue weighted by molar-refractivity contribution is 7.89. The first-order valence-corrected chi connectivity index (χ1v) is 13.4. The van der Waals surface area contributed by atoms with Gasteiger partial charge in [0, 0.05) is 36.9 Å². The van der Waals surface area contributed by atoms with Crippen molar-refractivity contribution in [3.05, 3.63) is 47.7 Å². The van der Waals surface area contributed by atoms with Crippen molar-refractivity contribution < 1.29 is 22.7 Å². The molecule has 33 heavy (non-hydrogen) atoms. The molecule has 1 amide bonds. The van der Waals surface area contributed by atoms with Crippen molar-refractivity contribution in [1.29, 1.82) is 0 Å². The number of carbonyl (C=O) groups is 1. The third kappa shape index (κ3) is 6.05. The third-order valence-corrected chi connectivity index (χ3v) is 6.90. The number of pyridine rings is 1. The normalized spacial score (nSPS) is 19.2. The molecule has 1 aromatic carbocycles. The van der Waals surface area contributed by atoms with Crippen molar-refractivity contribution in [1.82, 2.24) is 9.88 Å². The number of sulfone groups is 1. The molecule has 2 aliphatic rings. The molecule has 0 N–H and O–H groups in total. The van der Waals surface area contributed by atoms with Gasteiger partial charge in [0.25, 0.3) is 0 Å². The van der Waals surface area contributed by atoms with Gasteiger partial charge in [-0.25, -0.2) is 13.2 Å². The Morgan fingerprint density at radius 3 is 2.45 bits per heavy atom. The highest BCUT2D eigenvalue weighted by Gasteiger charge is 2.35. The predicted octanol–water partition coefficient (Wildman–Crippen LogP) is 4.24. The maximum absolute atomic E-state index is 12.3. The first-order chi connectivity index (χ1) is 15.5. The van der Waals surface area contributed by atoms with Gasteiger partial charge < -0.3 is 14.4 Å². The van der Waals surface area contributed by atoms with Gasteiger partial charge in [0.2, 0.25) is 0 Å². The lowest BCUT2D eigenvalue weighted by atomic mass is 9.89. The molecule has 2 aromatic rings. The zero-order chi connectivity index (χ0) is 23.8. The molecule has 0 spiro atoms. The van der Waals surface area contributed by atoms with Crippen molar-refractivity contribution in [3.8, 4) is 17.0 Å². The van der Waals surface area contributed by atoms with E-state index in [0.29, 0.717) is 19.0 Å². The van der Waals surface area contributed by atoms with Crippen molar-refractivity contribution >= 4 is 15.9 Å². The molecule has 0 bridgehead atoms. The zero-order valence-corrected chi connectivity index (χ0v) is 20.5. The summed E-state index contributed by atoms with van der Waals surface area (Å²) in [6.45, 7) is 7.01. The zero-order valence-electron chi connectivity index (χ0n) is 19.7. The molecule has 178 valence electrons. The monoisotopic (exact) mass is 472 g/mol. The average molecular weight is 473 g/mol. The number of ether oxygens (including phenoxy) is 2. The number of amides is 1. The van der Waals surface area contributed by atoms with E-state index in [1.165, 1.54) is 6.26 Å². The lowest BCUT2D eigenvalue weighted by molar-refractivity contribution is 0.0123. The van der Waals surface area contributed by atoms with Crippen molar-refractivity contribution in [2.75, 3.05) is 19.3 Å². The molecule has 8 heteroatoms. The van der Waals surface area contributed by atoms with Crippen molar-refractivity contribution in [2.24, 2.45) is 5.92 Å². The predicted molar refractivity (Wildman–Crippen MR) is 127 cm³/mol. The largest absolute Gasteiger partial charge is 0.488 e. The quantitative estimate of drug-likeness (QED) is 0.662. The van der Waals surface area contributed by atoms with Gasteiger partial charge in [-0.1, -0.05) is 24.3 Å². The Morgan fingerprint density at radius 1 is 1.18 bits per heavy atom. The standard InChI is InChI=1S/C25H32N2O5S/c1-25(2,3)32-24(28)27-11-9-19(10-12-27)22-14-20-13-21(26-15-23(20)31-22)18-7-5-17(6-8-18)16-33(4,29)30/h5-8,13,15,19,22H,9-12,14,16H2,1-4H3. The fraction of sp³-hybridized carbons (Fsp3) is 0.520. The molecular formula is C25H32N2O5S. The Hall–Kier alpha value is -2.61. The van der Waals surface area contributed by atoms with E-state index in [9.17, 15) is 13.2 Å². The maximum Gasteiger partial charge on any atom is 0.410 e. The molecule has 0 aliphatic carbocycles. The Labute approximate surface area is 196 Å². The van der Waals surface area contributed by atoms with E-state index in [1.807, 2.05) is 45.0 Å². The Kier molecular flexibility index (Phi) is 6.40. The maximum atomic E-state index is 12.3. The minimum Gasteiger partial charge on any atom is -0.488 e. The second kappa shape index (κ2) is 8.97. The molecule has 3 heterocycles. The number of hydrogen-bond acceptors (Lipinski definition) is 6. The highest BCUT2D eigenvalue weighted by atomic mass is 32.2. The minimum atomic E-state index is -3.06. The SMILES string of the molecule is CC(C)(C)OC(=O)N1CCC(C2Cc3cc(-c4ccc(CS(C)(=O)=O)cc4)ncc3O2)CC1. The van der Waals surface area contributed by atoms with Crippen LogP contribution in [0.2, 0.25) is 0 Å². The number of benzene rings is 1. The molecule has 1 fully saturated rings. The van der Waals surface area contributed by atoms with E-state index >= 15 is 0 Å². The van der Waals surface area contributed by atoms with Crippen LogP contribution < -0.4 is 4.74 Å². The van der Waals surface area contributed by atoms with Crippen LogP contribution in [0.3, 0.4) is 0 Å². The Balaban J connectivity index is 1.36. The van der Waals surface area contributed by atoms with E-state index in [2.05, 4.69) is 11.1 Å². The van der Waals surface area contributed by atoms with Crippen LogP contribution in [0.5, 0.6) is 5.75 Å². The lowest BCUT2D eigenvalue weighted by Gasteiger charge is -2.35. The summed E-state index contributed by atoms with van der Waals surface area (Å²) in [5.74, 6) is 1.24. The van der Waals surface area contributed by atoms with E-state index in [0.717, 1.165) is 47.4 Å². The van der Waals surface area contributed by atoms with E-state index in [-0.39, 0.29) is 18.0 Å². The summed E-state index contributed by atoms with van der Waals surface area (Å²) >= 11 is 0. The average Bonchev–Trinajstić information content (AvgIpc) is 3.15. The van der Waals surface area contributed by atoms with Crippen LogP contribution >= 0.6 is 0 Å². The first kappa shape index (κ1) is 23.5. The number of aromatic nitrogens is 1. The summed E-state index contributed by atoms with van der Waals surface area (Å²) < 4.78 is 34.7. The van der Waals surface area contributed by atoms with Crippen molar-refractivity contribution in [2.45, 2.75) is 57.5 Å². The number of rotatable bonds is 4. The Morgan fingerprint density at radius 2 is 1.85 bits per heavy atom. The third-order valence-electron chi connectivity index (χ3n) is 6.04. The van der Waals surface area contributed by atoms with Crippen LogP contribution in [0.15, 0.2) is 36.5 Å². The minimum absolute atomic E-state index is 0.0349. The van der Waals surface area contributed by atoms with Gasteiger partial charge >= 0.3 is 6.09 Å². The van der Waals surface area contributed by atoms with Crippen LogP contribution in [0.4, 0.5) is 4.79 Å². The van der Waals surface area contributed by atoms with E-state index in [1.54, 1.807) is 11.1 Å². The van der Waals surface area contributed by atoms with Crippen LogP contribution in [-0.4, -0.2) is 55.4 Å². The van der Waals surface area contributed by atoms with E-state index < -0.39 is 15.4 Å². The highest BCUT2D eigenvalue weighted by Crippen LogP contribution is 2.36. The summed E-state index contributed by atoms with van der Waals surface area (Å²) in [6.07, 6.45) is 5.47. The molecule has 1 unspecified atom stereocenters. The second-order valence-corrected chi connectivity index (χ2v) is 12.2. The smallest absolute Gasteiger partial charge is 0.410 e. The van der Waals surface area contributed by atoms with Gasteiger partial charge in [-0.15, -0.1) is 0 Å². The molecule has 2 aliphatic heterocycles. The molecule has 1 atom stereocenters. The fourth-order valence-electron chi connectivity index (χ4n) is 4.45. The summed E-state index contributed by atoms with van der Waals surface area (Å²) in [4.78, 5) is 18.7. The molecule has 1 aromatic heterocycles. The molecule has 7 nitrogen and oxygen atoms in total. The van der Waals surface area contributed by atoms with Gasteiger partial charge in [-0.3, -0.25) is 4.98 Å². The molecule has 1 saturated heterocycles. The topological polar surface area (TPSA) is 85.8 Å². The summed E-state index contributed by atoms with van der Waals surface area (Å²) in [5.41, 5.74) is 3.22. The van der Waals surface area contributed by atoms with Crippen LogP contribution in [0.1, 0.15) is 44.7 Å².